The van der Waals surface area contributed by atoms with Crippen LogP contribution in [0.2, 0.25) is 0 Å². The SMILES string of the molecule is CCCCCc1cccc(N(C)c2nc(OCc3ccccc3)ncc2C(F)(F)F)c1. The molecule has 31 heavy (non-hydrogen) atoms. The van der Waals surface area contributed by atoms with Crippen LogP contribution in [0.25, 0.3) is 0 Å². The van der Waals surface area contributed by atoms with Crippen LogP contribution < -0.4 is 9.64 Å². The number of halogens is 3. The molecule has 1 heterocycles. The third kappa shape index (κ3) is 6.20. The second kappa shape index (κ2) is 10.3. The molecule has 164 valence electrons. The number of alkyl halides is 3. The number of nitrogens with zero attached hydrogens (tertiary/aromatic N) is 3. The van der Waals surface area contributed by atoms with Gasteiger partial charge in [-0.15, -0.1) is 0 Å². The number of ether oxygens (including phenoxy) is 1. The molecule has 0 aliphatic carbocycles. The molecule has 0 atom stereocenters. The lowest BCUT2D eigenvalue weighted by atomic mass is 10.1. The highest BCUT2D eigenvalue weighted by molar-refractivity contribution is 5.63. The van der Waals surface area contributed by atoms with E-state index in [1.807, 2.05) is 48.5 Å². The van der Waals surface area contributed by atoms with Gasteiger partial charge in [0.15, 0.2) is 5.82 Å². The molecule has 0 N–H and O–H groups in total. The van der Waals surface area contributed by atoms with E-state index in [2.05, 4.69) is 16.9 Å². The van der Waals surface area contributed by atoms with Gasteiger partial charge in [0.1, 0.15) is 12.2 Å². The summed E-state index contributed by atoms with van der Waals surface area (Å²) in [4.78, 5) is 9.33. The molecule has 0 amide bonds. The summed E-state index contributed by atoms with van der Waals surface area (Å²) in [5.41, 5.74) is 1.69. The van der Waals surface area contributed by atoms with Gasteiger partial charge < -0.3 is 9.64 Å². The minimum absolute atomic E-state index is 0.0993. The Hall–Kier alpha value is -3.09. The Bertz CT molecular complexity index is 977. The zero-order valence-corrected chi connectivity index (χ0v) is 17.7. The van der Waals surface area contributed by atoms with Gasteiger partial charge in [0.25, 0.3) is 0 Å². The van der Waals surface area contributed by atoms with Crippen molar-refractivity contribution in [3.05, 3.63) is 77.5 Å². The summed E-state index contributed by atoms with van der Waals surface area (Å²) in [5, 5.41) is 0. The van der Waals surface area contributed by atoms with Crippen molar-refractivity contribution in [1.29, 1.82) is 0 Å². The molecule has 3 aromatic rings. The molecule has 0 aliphatic rings. The minimum Gasteiger partial charge on any atom is -0.459 e. The van der Waals surface area contributed by atoms with E-state index < -0.39 is 11.7 Å². The molecule has 0 aliphatic heterocycles. The molecular formula is C24H26F3N3O. The number of aryl methyl sites for hydroxylation is 1. The van der Waals surface area contributed by atoms with E-state index in [1.54, 1.807) is 13.1 Å². The second-order valence-electron chi connectivity index (χ2n) is 7.35. The molecule has 7 heteroatoms. The van der Waals surface area contributed by atoms with Crippen molar-refractivity contribution in [2.45, 2.75) is 45.4 Å². The maximum absolute atomic E-state index is 13.6. The van der Waals surface area contributed by atoms with Crippen LogP contribution in [-0.4, -0.2) is 17.0 Å². The molecule has 0 radical (unpaired) electrons. The van der Waals surface area contributed by atoms with Crippen LogP contribution in [0, 0.1) is 0 Å². The first kappa shape index (κ1) is 22.6. The molecule has 3 rings (SSSR count). The van der Waals surface area contributed by atoms with E-state index in [-0.39, 0.29) is 18.4 Å². The number of benzene rings is 2. The van der Waals surface area contributed by atoms with Gasteiger partial charge in [0.05, 0.1) is 0 Å². The summed E-state index contributed by atoms with van der Waals surface area (Å²) < 4.78 is 46.5. The molecule has 0 saturated heterocycles. The monoisotopic (exact) mass is 429 g/mol. The Labute approximate surface area is 180 Å². The predicted octanol–water partition coefficient (Wildman–Crippen LogP) is 6.58. The van der Waals surface area contributed by atoms with Crippen molar-refractivity contribution >= 4 is 11.5 Å². The number of unbranched alkanes of at least 4 members (excludes halogenated alkanes) is 2. The summed E-state index contributed by atoms with van der Waals surface area (Å²) in [5.74, 6) is -0.240. The number of anilines is 2. The van der Waals surface area contributed by atoms with Crippen LogP contribution in [0.1, 0.15) is 42.9 Å². The fourth-order valence-corrected chi connectivity index (χ4v) is 3.23. The molecule has 4 nitrogen and oxygen atoms in total. The van der Waals surface area contributed by atoms with Gasteiger partial charge in [-0.3, -0.25) is 0 Å². The predicted molar refractivity (Wildman–Crippen MR) is 116 cm³/mol. The highest BCUT2D eigenvalue weighted by Crippen LogP contribution is 2.38. The molecule has 0 fully saturated rings. The highest BCUT2D eigenvalue weighted by Gasteiger charge is 2.36. The molecule has 0 spiro atoms. The fraction of sp³-hybridized carbons (Fsp3) is 0.333. The Morgan fingerprint density at radius 1 is 0.968 bits per heavy atom. The average Bonchev–Trinajstić information content (AvgIpc) is 2.77. The number of rotatable bonds is 9. The highest BCUT2D eigenvalue weighted by atomic mass is 19.4. The Kier molecular flexibility index (Phi) is 7.50. The molecule has 0 unspecified atom stereocenters. The lowest BCUT2D eigenvalue weighted by molar-refractivity contribution is -0.137. The van der Waals surface area contributed by atoms with Crippen molar-refractivity contribution in [1.82, 2.24) is 9.97 Å². The smallest absolute Gasteiger partial charge is 0.421 e. The zero-order chi connectivity index (χ0) is 22.3. The summed E-state index contributed by atoms with van der Waals surface area (Å²) in [6.07, 6.45) is 0.359. The molecule has 2 aromatic carbocycles. The van der Waals surface area contributed by atoms with E-state index in [4.69, 9.17) is 4.74 Å². The van der Waals surface area contributed by atoms with Crippen LogP contribution in [0.3, 0.4) is 0 Å². The van der Waals surface area contributed by atoms with Crippen LogP contribution in [-0.2, 0) is 19.2 Å². The van der Waals surface area contributed by atoms with E-state index >= 15 is 0 Å². The van der Waals surface area contributed by atoms with Crippen molar-refractivity contribution in [3.63, 3.8) is 0 Å². The van der Waals surface area contributed by atoms with E-state index in [9.17, 15) is 13.2 Å². The van der Waals surface area contributed by atoms with Crippen LogP contribution in [0.15, 0.2) is 60.8 Å². The largest absolute Gasteiger partial charge is 0.459 e. The third-order valence-corrected chi connectivity index (χ3v) is 4.95. The van der Waals surface area contributed by atoms with Crippen LogP contribution in [0.4, 0.5) is 24.7 Å². The van der Waals surface area contributed by atoms with Crippen LogP contribution in [0.5, 0.6) is 6.01 Å². The summed E-state index contributed by atoms with van der Waals surface area (Å²) in [6.45, 7) is 2.30. The van der Waals surface area contributed by atoms with Gasteiger partial charge in [-0.1, -0.05) is 62.2 Å². The lowest BCUT2D eigenvalue weighted by Gasteiger charge is -2.23. The standard InChI is InChI=1S/C24H26F3N3O/c1-3-4-6-10-18-13-9-14-20(15-18)30(2)22-21(24(25,26)27)16-28-23(29-22)31-17-19-11-7-5-8-12-19/h5,7-9,11-16H,3-4,6,10,17H2,1-2H3. The Balaban J connectivity index is 1.87. The number of hydrogen-bond donors (Lipinski definition) is 0. The first-order valence-electron chi connectivity index (χ1n) is 10.3. The van der Waals surface area contributed by atoms with Gasteiger partial charge in [-0.25, -0.2) is 4.98 Å². The summed E-state index contributed by atoms with van der Waals surface area (Å²) in [7, 11) is 1.57. The summed E-state index contributed by atoms with van der Waals surface area (Å²) in [6, 6.07) is 16.7. The van der Waals surface area contributed by atoms with E-state index in [0.717, 1.165) is 43.0 Å². The molecular weight excluding hydrogens is 403 g/mol. The van der Waals surface area contributed by atoms with Crippen molar-refractivity contribution in [3.8, 4) is 6.01 Å². The third-order valence-electron chi connectivity index (χ3n) is 4.95. The van der Waals surface area contributed by atoms with Crippen molar-refractivity contribution < 1.29 is 17.9 Å². The molecule has 0 bridgehead atoms. The van der Waals surface area contributed by atoms with Gasteiger partial charge in [0, 0.05) is 18.9 Å². The Morgan fingerprint density at radius 3 is 2.42 bits per heavy atom. The van der Waals surface area contributed by atoms with Crippen LogP contribution >= 0.6 is 0 Å². The van der Waals surface area contributed by atoms with E-state index in [1.165, 1.54) is 4.90 Å². The quantitative estimate of drug-likeness (QED) is 0.360. The van der Waals surface area contributed by atoms with Crippen molar-refractivity contribution in [2.75, 3.05) is 11.9 Å². The summed E-state index contributed by atoms with van der Waals surface area (Å²) >= 11 is 0. The fourth-order valence-electron chi connectivity index (χ4n) is 3.23. The van der Waals surface area contributed by atoms with Gasteiger partial charge in [-0.2, -0.15) is 18.2 Å². The second-order valence-corrected chi connectivity index (χ2v) is 7.35. The normalized spacial score (nSPS) is 11.4. The number of hydrogen-bond acceptors (Lipinski definition) is 4. The number of aromatic nitrogens is 2. The first-order valence-corrected chi connectivity index (χ1v) is 10.3. The van der Waals surface area contributed by atoms with Gasteiger partial charge in [-0.05, 0) is 36.1 Å². The molecule has 0 saturated carbocycles. The Morgan fingerprint density at radius 2 is 1.71 bits per heavy atom. The van der Waals surface area contributed by atoms with E-state index in [0.29, 0.717) is 5.69 Å². The van der Waals surface area contributed by atoms with Crippen molar-refractivity contribution in [2.24, 2.45) is 0 Å². The first-order chi connectivity index (χ1) is 14.9. The molecule has 1 aromatic heterocycles. The topological polar surface area (TPSA) is 38.2 Å². The zero-order valence-electron chi connectivity index (χ0n) is 17.7. The minimum atomic E-state index is -4.58. The lowest BCUT2D eigenvalue weighted by Crippen LogP contribution is -2.19. The average molecular weight is 429 g/mol. The van der Waals surface area contributed by atoms with Gasteiger partial charge >= 0.3 is 12.2 Å². The maximum Gasteiger partial charge on any atom is 0.421 e. The van der Waals surface area contributed by atoms with Gasteiger partial charge in [0.2, 0.25) is 0 Å². The maximum atomic E-state index is 13.6.